The molecule has 24 heavy (non-hydrogen) atoms. The van der Waals surface area contributed by atoms with Gasteiger partial charge < -0.3 is 20.2 Å². The number of nitrogens with zero attached hydrogens (tertiary/aromatic N) is 1. The minimum Gasteiger partial charge on any atom is -0.480 e. The lowest BCUT2D eigenvalue weighted by molar-refractivity contribution is -0.148. The van der Waals surface area contributed by atoms with E-state index >= 15 is 0 Å². The number of hydrogen-bond donors (Lipinski definition) is 3. The fourth-order valence-corrected chi connectivity index (χ4v) is 3.79. The number of carboxylic acid groups (broad SMARTS) is 1. The maximum atomic E-state index is 12.1. The van der Waals surface area contributed by atoms with E-state index < -0.39 is 24.2 Å². The van der Waals surface area contributed by atoms with Gasteiger partial charge in [0.1, 0.15) is 6.04 Å². The second kappa shape index (κ2) is 11.7. The SMILES string of the molecule is CCCC(O)CC(SCC(C(=O)O)N(C)C(=O)CC(C)C)C(C)O. The van der Waals surface area contributed by atoms with Gasteiger partial charge in [-0.2, -0.15) is 11.8 Å². The summed E-state index contributed by atoms with van der Waals surface area (Å²) in [6.45, 7) is 7.44. The van der Waals surface area contributed by atoms with Crippen LogP contribution in [0.3, 0.4) is 0 Å². The minimum atomic E-state index is -1.06. The lowest BCUT2D eigenvalue weighted by Crippen LogP contribution is -2.45. The van der Waals surface area contributed by atoms with E-state index in [2.05, 4.69) is 0 Å². The van der Waals surface area contributed by atoms with E-state index in [0.717, 1.165) is 6.42 Å². The van der Waals surface area contributed by atoms with Crippen molar-refractivity contribution in [2.75, 3.05) is 12.8 Å². The highest BCUT2D eigenvalue weighted by molar-refractivity contribution is 8.00. The molecular formula is C17H33NO5S. The molecule has 4 unspecified atom stereocenters. The van der Waals surface area contributed by atoms with Crippen LogP contribution in [0.2, 0.25) is 0 Å². The summed E-state index contributed by atoms with van der Waals surface area (Å²) in [6.07, 6.45) is 1.05. The summed E-state index contributed by atoms with van der Waals surface area (Å²) in [6, 6.07) is -0.939. The molecule has 142 valence electrons. The summed E-state index contributed by atoms with van der Waals surface area (Å²) in [5.41, 5.74) is 0. The van der Waals surface area contributed by atoms with Gasteiger partial charge in [-0.15, -0.1) is 0 Å². The molecule has 0 bridgehead atoms. The maximum Gasteiger partial charge on any atom is 0.327 e. The molecule has 0 aliphatic heterocycles. The van der Waals surface area contributed by atoms with Crippen molar-refractivity contribution >= 4 is 23.6 Å². The summed E-state index contributed by atoms with van der Waals surface area (Å²) < 4.78 is 0. The van der Waals surface area contributed by atoms with Gasteiger partial charge in [-0.05, 0) is 25.7 Å². The largest absolute Gasteiger partial charge is 0.480 e. The lowest BCUT2D eigenvalue weighted by Gasteiger charge is -2.28. The molecule has 0 heterocycles. The number of carboxylic acids is 1. The van der Waals surface area contributed by atoms with E-state index in [9.17, 15) is 24.9 Å². The van der Waals surface area contributed by atoms with Crippen molar-refractivity contribution in [3.63, 3.8) is 0 Å². The van der Waals surface area contributed by atoms with Gasteiger partial charge in [0.05, 0.1) is 12.2 Å². The van der Waals surface area contributed by atoms with Gasteiger partial charge in [0.15, 0.2) is 0 Å². The second-order valence-corrected chi connectivity index (χ2v) is 8.02. The molecule has 6 nitrogen and oxygen atoms in total. The van der Waals surface area contributed by atoms with Crippen LogP contribution in [-0.4, -0.2) is 68.4 Å². The highest BCUT2D eigenvalue weighted by Gasteiger charge is 2.29. The predicted octanol–water partition coefficient (Wildman–Crippen LogP) is 1.98. The fraction of sp³-hybridized carbons (Fsp3) is 0.882. The van der Waals surface area contributed by atoms with Gasteiger partial charge in [-0.25, -0.2) is 4.79 Å². The quantitative estimate of drug-likeness (QED) is 0.490. The number of thioether (sulfide) groups is 1. The Labute approximate surface area is 149 Å². The zero-order valence-electron chi connectivity index (χ0n) is 15.4. The van der Waals surface area contributed by atoms with Gasteiger partial charge in [0.2, 0.25) is 5.91 Å². The molecule has 0 aliphatic rings. The normalized spacial score (nSPS) is 16.5. The van der Waals surface area contributed by atoms with E-state index in [1.807, 2.05) is 20.8 Å². The van der Waals surface area contributed by atoms with Crippen LogP contribution in [0.5, 0.6) is 0 Å². The van der Waals surface area contributed by atoms with Gasteiger partial charge in [-0.3, -0.25) is 4.79 Å². The number of hydrogen-bond acceptors (Lipinski definition) is 5. The Hall–Kier alpha value is -0.790. The molecule has 0 spiro atoms. The first-order chi connectivity index (χ1) is 11.1. The zero-order chi connectivity index (χ0) is 18.9. The topological polar surface area (TPSA) is 98.1 Å². The zero-order valence-corrected chi connectivity index (χ0v) is 16.3. The predicted molar refractivity (Wildman–Crippen MR) is 97.1 cm³/mol. The van der Waals surface area contributed by atoms with Crippen LogP contribution in [0, 0.1) is 5.92 Å². The highest BCUT2D eigenvalue weighted by Crippen LogP contribution is 2.24. The first-order valence-corrected chi connectivity index (χ1v) is 9.61. The van der Waals surface area contributed by atoms with Crippen LogP contribution in [0.4, 0.5) is 0 Å². The number of amides is 1. The Balaban J connectivity index is 4.79. The summed E-state index contributed by atoms with van der Waals surface area (Å²) in [4.78, 5) is 24.9. The number of aliphatic hydroxyl groups excluding tert-OH is 2. The first kappa shape index (κ1) is 23.2. The van der Waals surface area contributed by atoms with Crippen molar-refractivity contribution in [3.8, 4) is 0 Å². The molecule has 3 N–H and O–H groups in total. The first-order valence-electron chi connectivity index (χ1n) is 8.56. The van der Waals surface area contributed by atoms with E-state index in [4.69, 9.17) is 0 Å². The van der Waals surface area contributed by atoms with E-state index in [-0.39, 0.29) is 22.8 Å². The fourth-order valence-electron chi connectivity index (χ4n) is 2.35. The van der Waals surface area contributed by atoms with Crippen LogP contribution in [0.1, 0.15) is 53.4 Å². The molecule has 7 heteroatoms. The van der Waals surface area contributed by atoms with Crippen molar-refractivity contribution in [3.05, 3.63) is 0 Å². The van der Waals surface area contributed by atoms with Gasteiger partial charge in [-0.1, -0.05) is 27.2 Å². The van der Waals surface area contributed by atoms with Gasteiger partial charge in [0, 0.05) is 24.5 Å². The van der Waals surface area contributed by atoms with Crippen LogP contribution < -0.4 is 0 Å². The Morgan fingerprint density at radius 1 is 1.17 bits per heavy atom. The Kier molecular flexibility index (Phi) is 11.3. The molecule has 0 saturated heterocycles. The van der Waals surface area contributed by atoms with E-state index in [0.29, 0.717) is 19.3 Å². The summed E-state index contributed by atoms with van der Waals surface area (Å²) >= 11 is 1.30. The van der Waals surface area contributed by atoms with Crippen LogP contribution >= 0.6 is 11.8 Å². The summed E-state index contributed by atoms with van der Waals surface area (Å²) in [7, 11) is 1.51. The highest BCUT2D eigenvalue weighted by atomic mass is 32.2. The summed E-state index contributed by atoms with van der Waals surface area (Å²) in [5.74, 6) is -0.904. The number of aliphatic hydroxyl groups is 2. The third kappa shape index (κ3) is 8.89. The Morgan fingerprint density at radius 2 is 1.75 bits per heavy atom. The molecule has 0 aromatic rings. The maximum absolute atomic E-state index is 12.1. The standard InChI is InChI=1S/C17H33NO5S/c1-6-7-13(20)9-15(12(4)19)24-10-14(17(22)23)18(5)16(21)8-11(2)3/h11-15,19-20H,6-10H2,1-5H3,(H,22,23). The minimum absolute atomic E-state index is 0.163. The molecule has 0 rings (SSSR count). The van der Waals surface area contributed by atoms with Crippen molar-refractivity contribution in [1.29, 1.82) is 0 Å². The number of aliphatic carboxylic acids is 1. The second-order valence-electron chi connectivity index (χ2n) is 6.75. The van der Waals surface area contributed by atoms with Crippen LogP contribution in [0.25, 0.3) is 0 Å². The van der Waals surface area contributed by atoms with Gasteiger partial charge >= 0.3 is 5.97 Å². The third-order valence-electron chi connectivity index (χ3n) is 3.86. The molecular weight excluding hydrogens is 330 g/mol. The molecule has 1 amide bonds. The van der Waals surface area contributed by atoms with Crippen molar-refractivity contribution in [2.45, 2.75) is 76.9 Å². The van der Waals surface area contributed by atoms with E-state index in [1.165, 1.54) is 23.7 Å². The number of carbonyl (C=O) groups is 2. The van der Waals surface area contributed by atoms with E-state index in [1.54, 1.807) is 6.92 Å². The smallest absolute Gasteiger partial charge is 0.327 e. The number of likely N-dealkylation sites (N-methyl/N-ethyl adjacent to an activating group) is 1. The molecule has 0 saturated carbocycles. The molecule has 0 aromatic heterocycles. The average molecular weight is 364 g/mol. The molecule has 4 atom stereocenters. The third-order valence-corrected chi connectivity index (χ3v) is 5.38. The van der Waals surface area contributed by atoms with Crippen LogP contribution in [-0.2, 0) is 9.59 Å². The Morgan fingerprint density at radius 3 is 2.17 bits per heavy atom. The number of carbonyl (C=O) groups excluding carboxylic acids is 1. The van der Waals surface area contributed by atoms with Gasteiger partial charge in [0.25, 0.3) is 0 Å². The summed E-state index contributed by atoms with van der Waals surface area (Å²) in [5, 5.41) is 29.0. The average Bonchev–Trinajstić information content (AvgIpc) is 2.44. The van der Waals surface area contributed by atoms with Crippen molar-refractivity contribution < 1.29 is 24.9 Å². The molecule has 0 radical (unpaired) electrons. The van der Waals surface area contributed by atoms with Crippen LogP contribution in [0.15, 0.2) is 0 Å². The Bertz CT molecular complexity index is 389. The molecule has 0 aromatic carbocycles. The lowest BCUT2D eigenvalue weighted by atomic mass is 10.1. The monoisotopic (exact) mass is 363 g/mol. The van der Waals surface area contributed by atoms with Crippen molar-refractivity contribution in [2.24, 2.45) is 5.92 Å². The van der Waals surface area contributed by atoms with Crippen molar-refractivity contribution in [1.82, 2.24) is 4.90 Å². The molecule has 0 aliphatic carbocycles. The molecule has 0 fully saturated rings. The number of rotatable bonds is 12.